The summed E-state index contributed by atoms with van der Waals surface area (Å²) in [6.45, 7) is 1.88. The molecule has 0 aliphatic carbocycles. The molecule has 0 radical (unpaired) electrons. The van der Waals surface area contributed by atoms with E-state index in [0.717, 1.165) is 15.1 Å². The minimum Gasteiger partial charge on any atom is -0.296 e. The molecule has 0 saturated heterocycles. The van der Waals surface area contributed by atoms with Crippen molar-refractivity contribution in [1.82, 2.24) is 3.97 Å². The molecule has 0 N–H and O–H groups in total. The highest BCUT2D eigenvalue weighted by Gasteiger charge is 2.21. The van der Waals surface area contributed by atoms with E-state index in [1.165, 1.54) is 24.4 Å². The monoisotopic (exact) mass is 349 g/mol. The van der Waals surface area contributed by atoms with Crippen LogP contribution in [0.25, 0.3) is 0 Å². The van der Waals surface area contributed by atoms with Crippen LogP contribution < -0.4 is 0 Å². The van der Waals surface area contributed by atoms with Crippen LogP contribution >= 0.6 is 0 Å². The number of carbonyl (C=O) groups excluding carboxylic acids is 1. The Labute approximate surface area is 146 Å². The van der Waals surface area contributed by atoms with Gasteiger partial charge in [-0.15, -0.1) is 0 Å². The molecular weight excluding hydrogens is 334 g/mol. The van der Waals surface area contributed by atoms with E-state index in [1.807, 2.05) is 37.3 Å². The largest absolute Gasteiger partial charge is 0.296 e. The lowest BCUT2D eigenvalue weighted by molar-refractivity contribution is 0.111. The van der Waals surface area contributed by atoms with Crippen LogP contribution in [0.5, 0.6) is 0 Å². The van der Waals surface area contributed by atoms with Crippen molar-refractivity contribution in [2.45, 2.75) is 11.8 Å². The van der Waals surface area contributed by atoms with Crippen LogP contribution in [0.4, 0.5) is 0 Å². The lowest BCUT2D eigenvalue weighted by Gasteiger charge is -2.08. The van der Waals surface area contributed by atoms with Gasteiger partial charge in [0.1, 0.15) is 5.69 Å². The molecule has 1 heterocycles. The Balaban J connectivity index is 2.05. The summed E-state index contributed by atoms with van der Waals surface area (Å²) in [5.74, 6) is 5.80. The molecule has 124 valence electrons. The Morgan fingerprint density at radius 1 is 0.920 bits per heavy atom. The summed E-state index contributed by atoms with van der Waals surface area (Å²) in [5.41, 5.74) is 2.13. The van der Waals surface area contributed by atoms with Gasteiger partial charge in [-0.2, -0.15) is 0 Å². The van der Waals surface area contributed by atoms with Gasteiger partial charge >= 0.3 is 0 Å². The predicted octanol–water partition coefficient (Wildman–Crippen LogP) is 3.25. The fraction of sp³-hybridized carbons (Fsp3) is 0.0500. The van der Waals surface area contributed by atoms with Crippen LogP contribution in [-0.2, 0) is 10.0 Å². The fourth-order valence-corrected chi connectivity index (χ4v) is 3.67. The Bertz CT molecular complexity index is 1070. The molecule has 4 nitrogen and oxygen atoms in total. The predicted molar refractivity (Wildman–Crippen MR) is 96.0 cm³/mol. The van der Waals surface area contributed by atoms with Crippen molar-refractivity contribution >= 4 is 16.3 Å². The lowest BCUT2D eigenvalue weighted by atomic mass is 10.2. The van der Waals surface area contributed by atoms with Gasteiger partial charge in [0, 0.05) is 11.8 Å². The molecule has 5 heteroatoms. The van der Waals surface area contributed by atoms with E-state index in [9.17, 15) is 13.2 Å². The van der Waals surface area contributed by atoms with Gasteiger partial charge in [-0.05, 0) is 37.3 Å². The second-order valence-electron chi connectivity index (χ2n) is 5.46. The maximum absolute atomic E-state index is 12.8. The normalized spacial score (nSPS) is 10.8. The van der Waals surface area contributed by atoms with E-state index in [-0.39, 0.29) is 10.6 Å². The SMILES string of the molecule is Cc1ccc(S(=O)(=O)n2ccc(C#Cc3ccccc3)c2C=O)cc1. The van der Waals surface area contributed by atoms with Gasteiger partial charge in [-0.25, -0.2) is 12.4 Å². The summed E-state index contributed by atoms with van der Waals surface area (Å²) in [7, 11) is -3.84. The summed E-state index contributed by atoms with van der Waals surface area (Å²) in [5, 5.41) is 0. The van der Waals surface area contributed by atoms with E-state index < -0.39 is 10.0 Å². The Hall–Kier alpha value is -3.10. The zero-order chi connectivity index (χ0) is 17.9. The first-order valence-electron chi connectivity index (χ1n) is 7.58. The van der Waals surface area contributed by atoms with Crippen LogP contribution in [0.15, 0.2) is 71.8 Å². The fourth-order valence-electron chi connectivity index (χ4n) is 2.34. The van der Waals surface area contributed by atoms with Crippen LogP contribution in [0, 0.1) is 18.8 Å². The molecule has 0 bridgehead atoms. The van der Waals surface area contributed by atoms with Crippen molar-refractivity contribution in [2.75, 3.05) is 0 Å². The number of aldehydes is 1. The van der Waals surface area contributed by atoms with Crippen molar-refractivity contribution in [3.63, 3.8) is 0 Å². The summed E-state index contributed by atoms with van der Waals surface area (Å²) >= 11 is 0. The Morgan fingerprint density at radius 2 is 1.60 bits per heavy atom. The van der Waals surface area contributed by atoms with E-state index in [4.69, 9.17) is 0 Å². The molecule has 0 atom stereocenters. The standard InChI is InChI=1S/C20H15NO3S/c1-16-7-11-19(12-8-16)25(23,24)21-14-13-18(20(21)15-22)10-9-17-5-3-2-4-6-17/h2-8,11-15H,1H3. The quantitative estimate of drug-likeness (QED) is 0.539. The molecule has 2 aromatic carbocycles. The number of carbonyl (C=O) groups is 1. The second-order valence-corrected chi connectivity index (χ2v) is 7.28. The van der Waals surface area contributed by atoms with Crippen molar-refractivity contribution in [3.8, 4) is 11.8 Å². The Morgan fingerprint density at radius 3 is 2.24 bits per heavy atom. The third kappa shape index (κ3) is 3.39. The molecule has 3 aromatic rings. The van der Waals surface area contributed by atoms with Gasteiger partial charge in [0.05, 0.1) is 10.5 Å². The van der Waals surface area contributed by atoms with Gasteiger partial charge < -0.3 is 0 Å². The number of nitrogens with zero attached hydrogens (tertiary/aromatic N) is 1. The van der Waals surface area contributed by atoms with Crippen LogP contribution in [0.1, 0.15) is 27.2 Å². The van der Waals surface area contributed by atoms with Gasteiger partial charge in [0.25, 0.3) is 10.0 Å². The molecule has 0 unspecified atom stereocenters. The van der Waals surface area contributed by atoms with Crippen molar-refractivity contribution in [3.05, 3.63) is 89.2 Å². The summed E-state index contributed by atoms with van der Waals surface area (Å²) < 4.78 is 26.5. The molecule has 0 spiro atoms. The average Bonchev–Trinajstić information content (AvgIpc) is 3.05. The maximum atomic E-state index is 12.8. The summed E-state index contributed by atoms with van der Waals surface area (Å²) in [4.78, 5) is 11.6. The van der Waals surface area contributed by atoms with Crippen LogP contribution in [-0.4, -0.2) is 18.7 Å². The van der Waals surface area contributed by atoms with Gasteiger partial charge in [0.15, 0.2) is 6.29 Å². The van der Waals surface area contributed by atoms with Crippen molar-refractivity contribution in [1.29, 1.82) is 0 Å². The first kappa shape index (κ1) is 16.7. The highest BCUT2D eigenvalue weighted by molar-refractivity contribution is 7.90. The molecule has 3 rings (SSSR count). The molecule has 0 saturated carbocycles. The number of rotatable bonds is 3. The smallest absolute Gasteiger partial charge is 0.268 e. The zero-order valence-corrected chi connectivity index (χ0v) is 14.3. The molecule has 0 aliphatic heterocycles. The minimum atomic E-state index is -3.84. The molecule has 0 aliphatic rings. The number of aryl methyl sites for hydroxylation is 1. The third-order valence-electron chi connectivity index (χ3n) is 3.69. The van der Waals surface area contributed by atoms with Crippen molar-refractivity contribution in [2.24, 2.45) is 0 Å². The highest BCUT2D eigenvalue weighted by atomic mass is 32.2. The third-order valence-corrected chi connectivity index (χ3v) is 5.40. The summed E-state index contributed by atoms with van der Waals surface area (Å²) in [6, 6.07) is 17.3. The number of benzene rings is 2. The number of hydrogen-bond acceptors (Lipinski definition) is 3. The molecule has 0 fully saturated rings. The molecular formula is C20H15NO3S. The average molecular weight is 349 g/mol. The zero-order valence-electron chi connectivity index (χ0n) is 13.5. The molecule has 25 heavy (non-hydrogen) atoms. The number of hydrogen-bond donors (Lipinski definition) is 0. The Kier molecular flexibility index (Phi) is 4.55. The number of aromatic nitrogens is 1. The molecule has 1 aromatic heterocycles. The molecule has 0 amide bonds. The van der Waals surface area contributed by atoms with E-state index in [0.29, 0.717) is 11.8 Å². The minimum absolute atomic E-state index is 0.0176. The summed E-state index contributed by atoms with van der Waals surface area (Å²) in [6.07, 6.45) is 1.87. The maximum Gasteiger partial charge on any atom is 0.268 e. The van der Waals surface area contributed by atoms with E-state index >= 15 is 0 Å². The first-order valence-corrected chi connectivity index (χ1v) is 9.02. The van der Waals surface area contributed by atoms with Crippen LogP contribution in [0.3, 0.4) is 0 Å². The van der Waals surface area contributed by atoms with Gasteiger partial charge in [-0.1, -0.05) is 47.7 Å². The topological polar surface area (TPSA) is 56.1 Å². The highest BCUT2D eigenvalue weighted by Crippen LogP contribution is 2.19. The van der Waals surface area contributed by atoms with Gasteiger partial charge in [-0.3, -0.25) is 4.79 Å². The van der Waals surface area contributed by atoms with E-state index in [1.54, 1.807) is 12.1 Å². The second kappa shape index (κ2) is 6.80. The van der Waals surface area contributed by atoms with Gasteiger partial charge in [0.2, 0.25) is 0 Å². The van der Waals surface area contributed by atoms with E-state index in [2.05, 4.69) is 11.8 Å². The lowest BCUT2D eigenvalue weighted by Crippen LogP contribution is -2.15. The van der Waals surface area contributed by atoms with Crippen LogP contribution in [0.2, 0.25) is 0 Å². The van der Waals surface area contributed by atoms with Crippen molar-refractivity contribution < 1.29 is 13.2 Å². The first-order chi connectivity index (χ1) is 12.0.